The molecule has 2 atom stereocenters. The number of piperidine rings is 1. The van der Waals surface area contributed by atoms with Crippen molar-refractivity contribution in [1.29, 1.82) is 0 Å². The Labute approximate surface area is 170 Å². The Balaban J connectivity index is 1.81. The molecule has 3 rings (SSSR count). The molecule has 1 fully saturated rings. The second kappa shape index (κ2) is 8.76. The van der Waals surface area contributed by atoms with Crippen LogP contribution in [0.3, 0.4) is 0 Å². The molecule has 1 saturated heterocycles. The number of nitrogens with zero attached hydrogens (tertiary/aromatic N) is 3. The Morgan fingerprint density at radius 2 is 1.76 bits per heavy atom. The van der Waals surface area contributed by atoms with Crippen LogP contribution in [0.25, 0.3) is 10.8 Å². The lowest BCUT2D eigenvalue weighted by molar-refractivity contribution is -0.137. The quantitative estimate of drug-likeness (QED) is 0.722. The standard InChI is InChI=1S/C22H29N3O4/c1-14(2)10-25-21(27)18-8-6-5-7-17(18)20(23-25)22(28)29-13-19(26)24-11-15(3)9-16(4)12-24/h5-8,14-16H,9-13H2,1-4H3/t15-,16+. The maximum Gasteiger partial charge on any atom is 0.359 e. The zero-order valence-corrected chi connectivity index (χ0v) is 17.6. The van der Waals surface area contributed by atoms with Crippen molar-refractivity contribution >= 4 is 22.6 Å². The van der Waals surface area contributed by atoms with Crippen LogP contribution in [0.2, 0.25) is 0 Å². The molecular formula is C22H29N3O4. The highest BCUT2D eigenvalue weighted by Crippen LogP contribution is 2.21. The molecule has 1 aliphatic heterocycles. The fourth-order valence-corrected chi connectivity index (χ4v) is 4.01. The Hall–Kier alpha value is -2.70. The van der Waals surface area contributed by atoms with Crippen molar-refractivity contribution in [1.82, 2.24) is 14.7 Å². The summed E-state index contributed by atoms with van der Waals surface area (Å²) in [7, 11) is 0. The average Bonchev–Trinajstić information content (AvgIpc) is 2.67. The van der Waals surface area contributed by atoms with E-state index in [4.69, 9.17) is 4.74 Å². The first kappa shape index (κ1) is 21.0. The van der Waals surface area contributed by atoms with Gasteiger partial charge in [0, 0.05) is 25.0 Å². The van der Waals surface area contributed by atoms with Crippen LogP contribution in [0.5, 0.6) is 0 Å². The lowest BCUT2D eigenvalue weighted by atomic mass is 9.92. The number of carbonyl (C=O) groups is 2. The summed E-state index contributed by atoms with van der Waals surface area (Å²) in [4.78, 5) is 39.7. The van der Waals surface area contributed by atoms with Crippen molar-refractivity contribution in [3.63, 3.8) is 0 Å². The lowest BCUT2D eigenvalue weighted by Crippen LogP contribution is -2.44. The van der Waals surface area contributed by atoms with E-state index < -0.39 is 5.97 Å². The van der Waals surface area contributed by atoms with E-state index in [0.29, 0.717) is 42.2 Å². The number of benzene rings is 1. The van der Waals surface area contributed by atoms with Gasteiger partial charge in [0.2, 0.25) is 0 Å². The number of amides is 1. The van der Waals surface area contributed by atoms with E-state index in [1.807, 2.05) is 13.8 Å². The van der Waals surface area contributed by atoms with Gasteiger partial charge in [-0.25, -0.2) is 9.48 Å². The number of ether oxygens (including phenoxy) is 1. The van der Waals surface area contributed by atoms with Crippen LogP contribution < -0.4 is 5.56 Å². The summed E-state index contributed by atoms with van der Waals surface area (Å²) in [5.41, 5.74) is -0.174. The van der Waals surface area contributed by atoms with Gasteiger partial charge in [-0.3, -0.25) is 9.59 Å². The number of rotatable bonds is 5. The maximum absolute atomic E-state index is 12.8. The van der Waals surface area contributed by atoms with Crippen LogP contribution in [0.15, 0.2) is 29.1 Å². The first-order valence-electron chi connectivity index (χ1n) is 10.2. The molecule has 7 nitrogen and oxygen atoms in total. The summed E-state index contributed by atoms with van der Waals surface area (Å²) in [6.45, 7) is 9.62. The summed E-state index contributed by atoms with van der Waals surface area (Å²) in [5.74, 6) is 0.170. The fraction of sp³-hybridized carbons (Fsp3) is 0.545. The highest BCUT2D eigenvalue weighted by Gasteiger charge is 2.26. The molecule has 0 aliphatic carbocycles. The first-order valence-corrected chi connectivity index (χ1v) is 10.2. The minimum atomic E-state index is -0.690. The van der Waals surface area contributed by atoms with Gasteiger partial charge in [-0.1, -0.05) is 45.9 Å². The van der Waals surface area contributed by atoms with Crippen LogP contribution in [0.1, 0.15) is 44.6 Å². The highest BCUT2D eigenvalue weighted by atomic mass is 16.5. The van der Waals surface area contributed by atoms with E-state index in [2.05, 4.69) is 18.9 Å². The molecule has 1 amide bonds. The van der Waals surface area contributed by atoms with Crippen LogP contribution >= 0.6 is 0 Å². The number of esters is 1. The van der Waals surface area contributed by atoms with Crippen molar-refractivity contribution in [2.24, 2.45) is 17.8 Å². The molecule has 7 heteroatoms. The van der Waals surface area contributed by atoms with E-state index in [9.17, 15) is 14.4 Å². The van der Waals surface area contributed by atoms with E-state index in [1.54, 1.807) is 29.2 Å². The minimum absolute atomic E-state index is 0.0639. The molecule has 156 valence electrons. The molecular weight excluding hydrogens is 370 g/mol. The monoisotopic (exact) mass is 399 g/mol. The highest BCUT2D eigenvalue weighted by molar-refractivity contribution is 6.02. The van der Waals surface area contributed by atoms with Crippen LogP contribution in [-0.4, -0.2) is 46.3 Å². The molecule has 0 N–H and O–H groups in total. The van der Waals surface area contributed by atoms with E-state index >= 15 is 0 Å². The van der Waals surface area contributed by atoms with E-state index in [1.165, 1.54) is 4.68 Å². The van der Waals surface area contributed by atoms with Crippen molar-refractivity contribution in [2.75, 3.05) is 19.7 Å². The molecule has 1 aromatic carbocycles. The second-order valence-corrected chi connectivity index (χ2v) is 8.60. The summed E-state index contributed by atoms with van der Waals surface area (Å²) in [6.07, 6.45) is 1.09. The first-order chi connectivity index (χ1) is 13.8. The van der Waals surface area contributed by atoms with Gasteiger partial charge in [-0.15, -0.1) is 0 Å². The maximum atomic E-state index is 12.8. The van der Waals surface area contributed by atoms with Gasteiger partial charge in [0.05, 0.1) is 5.39 Å². The fourth-order valence-electron chi connectivity index (χ4n) is 4.01. The van der Waals surface area contributed by atoms with Crippen LogP contribution in [-0.2, 0) is 16.1 Å². The van der Waals surface area contributed by atoms with Crippen molar-refractivity contribution in [3.05, 3.63) is 40.3 Å². The molecule has 2 heterocycles. The molecule has 0 spiro atoms. The Kier molecular flexibility index (Phi) is 6.35. The molecule has 1 aliphatic rings. The zero-order valence-electron chi connectivity index (χ0n) is 17.6. The third-order valence-corrected chi connectivity index (χ3v) is 5.15. The Morgan fingerprint density at radius 3 is 2.38 bits per heavy atom. The van der Waals surface area contributed by atoms with Gasteiger partial charge < -0.3 is 9.64 Å². The SMILES string of the molecule is CC(C)Cn1nc(C(=O)OCC(=O)N2C[C@H](C)C[C@H](C)C2)c2ccccc2c1=O. The summed E-state index contributed by atoms with van der Waals surface area (Å²) in [6, 6.07) is 6.85. The Bertz CT molecular complexity index is 956. The number of carbonyl (C=O) groups excluding carboxylic acids is 2. The molecule has 1 aromatic heterocycles. The third kappa shape index (κ3) is 4.83. The van der Waals surface area contributed by atoms with Crippen molar-refractivity contribution in [2.45, 2.75) is 40.7 Å². The number of hydrogen-bond donors (Lipinski definition) is 0. The largest absolute Gasteiger partial charge is 0.451 e. The number of likely N-dealkylation sites (tertiary alicyclic amines) is 1. The molecule has 0 bridgehead atoms. The molecule has 0 saturated carbocycles. The third-order valence-electron chi connectivity index (χ3n) is 5.15. The zero-order chi connectivity index (χ0) is 21.1. The van der Waals surface area contributed by atoms with Crippen LogP contribution in [0, 0.1) is 17.8 Å². The predicted octanol–water partition coefficient (Wildman–Crippen LogP) is 2.71. The van der Waals surface area contributed by atoms with E-state index in [0.717, 1.165) is 6.42 Å². The average molecular weight is 399 g/mol. The minimum Gasteiger partial charge on any atom is -0.451 e. The second-order valence-electron chi connectivity index (χ2n) is 8.60. The predicted molar refractivity (Wildman–Crippen MR) is 111 cm³/mol. The van der Waals surface area contributed by atoms with Crippen LogP contribution in [0.4, 0.5) is 0 Å². The summed E-state index contributed by atoms with van der Waals surface area (Å²) in [5, 5.41) is 5.12. The van der Waals surface area contributed by atoms with Gasteiger partial charge in [-0.05, 0) is 30.2 Å². The van der Waals surface area contributed by atoms with Gasteiger partial charge in [0.25, 0.3) is 11.5 Å². The summed E-state index contributed by atoms with van der Waals surface area (Å²) < 4.78 is 6.62. The van der Waals surface area contributed by atoms with Gasteiger partial charge >= 0.3 is 5.97 Å². The normalized spacial score (nSPS) is 19.6. The number of fused-ring (bicyclic) bond motifs is 1. The van der Waals surface area contributed by atoms with Crippen molar-refractivity contribution < 1.29 is 14.3 Å². The van der Waals surface area contributed by atoms with E-state index in [-0.39, 0.29) is 29.7 Å². The molecule has 2 aromatic rings. The summed E-state index contributed by atoms with van der Waals surface area (Å²) >= 11 is 0. The number of aromatic nitrogens is 2. The van der Waals surface area contributed by atoms with Gasteiger partial charge in [0.15, 0.2) is 12.3 Å². The Morgan fingerprint density at radius 1 is 1.14 bits per heavy atom. The molecule has 29 heavy (non-hydrogen) atoms. The van der Waals surface area contributed by atoms with Crippen molar-refractivity contribution in [3.8, 4) is 0 Å². The topological polar surface area (TPSA) is 81.5 Å². The molecule has 0 unspecified atom stereocenters. The smallest absolute Gasteiger partial charge is 0.359 e. The van der Waals surface area contributed by atoms with Gasteiger partial charge in [-0.2, -0.15) is 5.10 Å². The molecule has 0 radical (unpaired) electrons. The number of hydrogen-bond acceptors (Lipinski definition) is 5. The van der Waals surface area contributed by atoms with Gasteiger partial charge in [0.1, 0.15) is 0 Å². The lowest BCUT2D eigenvalue weighted by Gasteiger charge is -2.34.